The molecule has 2 aromatic rings. The molecule has 0 aliphatic rings. The fourth-order valence-electron chi connectivity index (χ4n) is 1.29. The number of rotatable bonds is 3. The molecule has 0 aliphatic carbocycles. The lowest BCUT2D eigenvalue weighted by atomic mass is 10.2. The lowest BCUT2D eigenvalue weighted by Crippen LogP contribution is -2.00. The Labute approximate surface area is 93.2 Å². The van der Waals surface area contributed by atoms with Crippen molar-refractivity contribution in [2.75, 3.05) is 5.73 Å². The van der Waals surface area contributed by atoms with E-state index >= 15 is 0 Å². The largest absolute Gasteiger partial charge is 0.485 e. The average molecular weight is 219 g/mol. The van der Waals surface area contributed by atoms with Gasteiger partial charge in [0, 0.05) is 0 Å². The molecule has 1 aromatic carbocycles. The summed E-state index contributed by atoms with van der Waals surface area (Å²) in [4.78, 5) is 0. The number of hydrogen-bond acceptors (Lipinski definition) is 5. The van der Waals surface area contributed by atoms with Gasteiger partial charge in [-0.1, -0.05) is 16.4 Å². The summed E-state index contributed by atoms with van der Waals surface area (Å²) >= 11 is 0. The van der Waals surface area contributed by atoms with Gasteiger partial charge < -0.3 is 10.5 Å². The van der Waals surface area contributed by atoms with E-state index in [2.05, 4.69) is 14.9 Å². The van der Waals surface area contributed by atoms with Crippen molar-refractivity contribution in [2.45, 2.75) is 20.5 Å². The SMILES string of the molecule is Cc1ccc(N)c(OCc2nonc2C)c1. The Hall–Kier alpha value is -2.04. The van der Waals surface area contributed by atoms with Crippen LogP contribution in [0.25, 0.3) is 0 Å². The zero-order valence-corrected chi connectivity index (χ0v) is 9.23. The molecular weight excluding hydrogens is 206 g/mol. The first kappa shape index (κ1) is 10.5. The third kappa shape index (κ3) is 2.13. The summed E-state index contributed by atoms with van der Waals surface area (Å²) in [6, 6.07) is 5.64. The number of nitrogen functional groups attached to an aromatic ring is 1. The number of hydrogen-bond donors (Lipinski definition) is 1. The van der Waals surface area contributed by atoms with Crippen LogP contribution in [0.1, 0.15) is 17.0 Å². The fourth-order valence-corrected chi connectivity index (χ4v) is 1.29. The van der Waals surface area contributed by atoms with E-state index in [-0.39, 0.29) is 0 Å². The number of anilines is 1. The normalized spacial score (nSPS) is 10.4. The van der Waals surface area contributed by atoms with Crippen LogP contribution in [0, 0.1) is 13.8 Å². The number of benzene rings is 1. The highest BCUT2D eigenvalue weighted by molar-refractivity contribution is 5.53. The molecule has 5 heteroatoms. The summed E-state index contributed by atoms with van der Waals surface area (Å²) in [5.41, 5.74) is 8.90. The van der Waals surface area contributed by atoms with Crippen LogP contribution in [0.5, 0.6) is 5.75 Å². The number of aryl methyl sites for hydroxylation is 2. The van der Waals surface area contributed by atoms with Gasteiger partial charge in [0.05, 0.1) is 5.69 Å². The molecule has 16 heavy (non-hydrogen) atoms. The molecule has 0 aliphatic heterocycles. The first-order valence-corrected chi connectivity index (χ1v) is 4.94. The van der Waals surface area contributed by atoms with Crippen molar-refractivity contribution in [3.05, 3.63) is 35.2 Å². The molecule has 1 aromatic heterocycles. The van der Waals surface area contributed by atoms with Crippen LogP contribution in [-0.4, -0.2) is 10.3 Å². The van der Waals surface area contributed by atoms with E-state index in [4.69, 9.17) is 10.5 Å². The Morgan fingerprint density at radius 3 is 2.81 bits per heavy atom. The quantitative estimate of drug-likeness (QED) is 0.797. The van der Waals surface area contributed by atoms with Crippen LogP contribution in [0.4, 0.5) is 5.69 Å². The third-order valence-corrected chi connectivity index (χ3v) is 2.28. The lowest BCUT2D eigenvalue weighted by molar-refractivity contribution is 0.271. The second-order valence-corrected chi connectivity index (χ2v) is 3.63. The molecule has 0 bridgehead atoms. The topological polar surface area (TPSA) is 74.2 Å². The van der Waals surface area contributed by atoms with Crippen LogP contribution in [0.3, 0.4) is 0 Å². The van der Waals surface area contributed by atoms with E-state index in [1.54, 1.807) is 0 Å². The van der Waals surface area contributed by atoms with Crippen molar-refractivity contribution in [1.29, 1.82) is 0 Å². The Morgan fingerprint density at radius 2 is 2.12 bits per heavy atom. The molecule has 0 atom stereocenters. The minimum Gasteiger partial charge on any atom is -0.485 e. The number of aromatic nitrogens is 2. The second kappa shape index (κ2) is 4.22. The first-order chi connectivity index (χ1) is 7.66. The standard InChI is InChI=1S/C11H13N3O2/c1-7-3-4-9(12)11(5-7)15-6-10-8(2)13-16-14-10/h3-5H,6,12H2,1-2H3. The molecule has 0 fully saturated rings. The van der Waals surface area contributed by atoms with Crippen LogP contribution in [0.15, 0.2) is 22.8 Å². The Morgan fingerprint density at radius 1 is 1.31 bits per heavy atom. The molecule has 84 valence electrons. The van der Waals surface area contributed by atoms with Crippen molar-refractivity contribution in [1.82, 2.24) is 10.3 Å². The molecule has 0 saturated carbocycles. The maximum Gasteiger partial charge on any atom is 0.145 e. The monoisotopic (exact) mass is 219 g/mol. The minimum atomic E-state index is 0.309. The van der Waals surface area contributed by atoms with Gasteiger partial charge in [0.1, 0.15) is 23.7 Å². The summed E-state index contributed by atoms with van der Waals surface area (Å²) < 4.78 is 10.1. The van der Waals surface area contributed by atoms with Crippen LogP contribution in [-0.2, 0) is 6.61 Å². The number of nitrogens with two attached hydrogens (primary N) is 1. The predicted octanol–water partition coefficient (Wildman–Crippen LogP) is 1.85. The third-order valence-electron chi connectivity index (χ3n) is 2.28. The molecule has 5 nitrogen and oxygen atoms in total. The van der Waals surface area contributed by atoms with Gasteiger partial charge in [0.25, 0.3) is 0 Å². The van der Waals surface area contributed by atoms with E-state index in [9.17, 15) is 0 Å². The highest BCUT2D eigenvalue weighted by Gasteiger charge is 2.07. The van der Waals surface area contributed by atoms with E-state index in [0.29, 0.717) is 23.7 Å². The van der Waals surface area contributed by atoms with Crippen molar-refractivity contribution in [2.24, 2.45) is 0 Å². The Bertz CT molecular complexity index is 494. The summed E-state index contributed by atoms with van der Waals surface area (Å²) in [5.74, 6) is 0.655. The maximum atomic E-state index is 5.78. The van der Waals surface area contributed by atoms with E-state index in [0.717, 1.165) is 11.3 Å². The fraction of sp³-hybridized carbons (Fsp3) is 0.273. The molecule has 0 saturated heterocycles. The van der Waals surface area contributed by atoms with E-state index in [1.807, 2.05) is 32.0 Å². The van der Waals surface area contributed by atoms with E-state index in [1.165, 1.54) is 0 Å². The van der Waals surface area contributed by atoms with Gasteiger partial charge in [0.15, 0.2) is 0 Å². The van der Waals surface area contributed by atoms with Crippen molar-refractivity contribution < 1.29 is 9.37 Å². The van der Waals surface area contributed by atoms with Gasteiger partial charge in [-0.2, -0.15) is 0 Å². The van der Waals surface area contributed by atoms with Crippen LogP contribution in [0.2, 0.25) is 0 Å². The minimum absolute atomic E-state index is 0.309. The van der Waals surface area contributed by atoms with Crippen LogP contribution >= 0.6 is 0 Å². The molecule has 0 spiro atoms. The first-order valence-electron chi connectivity index (χ1n) is 4.94. The summed E-state index contributed by atoms with van der Waals surface area (Å²) in [5, 5.41) is 7.40. The van der Waals surface area contributed by atoms with Crippen molar-refractivity contribution >= 4 is 5.69 Å². The summed E-state index contributed by atoms with van der Waals surface area (Å²) in [7, 11) is 0. The Kier molecular flexibility index (Phi) is 2.76. The highest BCUT2D eigenvalue weighted by atomic mass is 16.6. The molecule has 0 unspecified atom stereocenters. The maximum absolute atomic E-state index is 5.78. The molecular formula is C11H13N3O2. The number of ether oxygens (including phenoxy) is 1. The van der Waals surface area contributed by atoms with Crippen molar-refractivity contribution in [3.8, 4) is 5.75 Å². The van der Waals surface area contributed by atoms with Crippen LogP contribution < -0.4 is 10.5 Å². The smallest absolute Gasteiger partial charge is 0.145 e. The summed E-state index contributed by atoms with van der Waals surface area (Å²) in [6.07, 6.45) is 0. The lowest BCUT2D eigenvalue weighted by Gasteiger charge is -2.07. The van der Waals surface area contributed by atoms with Gasteiger partial charge >= 0.3 is 0 Å². The second-order valence-electron chi connectivity index (χ2n) is 3.63. The zero-order valence-electron chi connectivity index (χ0n) is 9.23. The zero-order chi connectivity index (χ0) is 11.5. The molecule has 0 radical (unpaired) electrons. The molecule has 1 heterocycles. The van der Waals surface area contributed by atoms with Gasteiger partial charge in [-0.05, 0) is 31.5 Å². The summed E-state index contributed by atoms with van der Waals surface area (Å²) in [6.45, 7) is 4.10. The predicted molar refractivity (Wildman–Crippen MR) is 59.0 cm³/mol. The molecule has 0 amide bonds. The average Bonchev–Trinajstić information content (AvgIpc) is 2.66. The highest BCUT2D eigenvalue weighted by Crippen LogP contribution is 2.23. The van der Waals surface area contributed by atoms with E-state index < -0.39 is 0 Å². The molecule has 2 rings (SSSR count). The van der Waals surface area contributed by atoms with Gasteiger partial charge in [-0.3, -0.25) is 0 Å². The van der Waals surface area contributed by atoms with Gasteiger partial charge in [0.2, 0.25) is 0 Å². The number of nitrogens with zero attached hydrogens (tertiary/aromatic N) is 2. The van der Waals surface area contributed by atoms with Crippen molar-refractivity contribution in [3.63, 3.8) is 0 Å². The molecule has 2 N–H and O–H groups in total. The van der Waals surface area contributed by atoms with Gasteiger partial charge in [-0.25, -0.2) is 4.63 Å². The van der Waals surface area contributed by atoms with Gasteiger partial charge in [-0.15, -0.1) is 0 Å². The Balaban J connectivity index is 2.10.